The quantitative estimate of drug-likeness (QED) is 0.116. The lowest BCUT2D eigenvalue weighted by Gasteiger charge is -2.22. The monoisotopic (exact) mass is 948 g/mol. The number of anilines is 4. The summed E-state index contributed by atoms with van der Waals surface area (Å²) in [5.74, 6) is 1.95. The van der Waals surface area contributed by atoms with Crippen LogP contribution < -0.4 is 32.7 Å². The Morgan fingerprint density at radius 1 is 0.507 bits per heavy atom. The zero-order valence-electron chi connectivity index (χ0n) is 41.3. The molecule has 0 amide bonds. The Kier molecular flexibility index (Phi) is 13.5. The fraction of sp³-hybridized carbons (Fsp3) is 0.228. The lowest BCUT2D eigenvalue weighted by atomic mass is 10.2. The molecule has 0 atom stereocenters. The van der Waals surface area contributed by atoms with Gasteiger partial charge in [0.1, 0.15) is 22.4 Å². The average Bonchev–Trinajstić information content (AvgIpc) is 4.23. The standard InChI is InChI=1S/C29H31N5O2.C28H29N5O2/c1-21(2)18-34-25-20-33(19-22-12-14-24(15-13-22)32-16-8-9-17-32)27(26(25)28(35)31(4)29(34)36)30(3)23-10-6-5-7-11-23;1-20(2)17-33-24-19-32(18-21-11-13-23(14-12-21)31-15-7-8-16-31)26(29-22-9-5-4-6-10-22)25(24)27(34)30(3)28(33)35/h5-17,20-21H,18-19H2,1-4H3;4-16,19-20,29H,17-18H2,1-3H3. The van der Waals surface area contributed by atoms with Gasteiger partial charge >= 0.3 is 11.4 Å². The van der Waals surface area contributed by atoms with Gasteiger partial charge in [0.2, 0.25) is 0 Å². The van der Waals surface area contributed by atoms with Gasteiger partial charge in [0.25, 0.3) is 11.1 Å². The summed E-state index contributed by atoms with van der Waals surface area (Å²) in [6.07, 6.45) is 11.9. The lowest BCUT2D eigenvalue weighted by Crippen LogP contribution is -2.38. The molecular weight excluding hydrogens is 889 g/mol. The van der Waals surface area contributed by atoms with Crippen molar-refractivity contribution in [2.24, 2.45) is 25.9 Å². The van der Waals surface area contributed by atoms with Gasteiger partial charge in [0.15, 0.2) is 0 Å². The average molecular weight is 949 g/mol. The normalized spacial score (nSPS) is 11.5. The van der Waals surface area contributed by atoms with Crippen molar-refractivity contribution in [2.45, 2.75) is 53.9 Å². The van der Waals surface area contributed by atoms with Gasteiger partial charge in [-0.3, -0.25) is 27.9 Å². The second-order valence-electron chi connectivity index (χ2n) is 18.9. The van der Waals surface area contributed by atoms with Gasteiger partial charge in [0.05, 0.1) is 11.0 Å². The molecule has 10 aromatic rings. The molecule has 0 aliphatic rings. The van der Waals surface area contributed by atoms with Crippen LogP contribution in [-0.2, 0) is 40.3 Å². The number of hydrogen-bond acceptors (Lipinski definition) is 6. The Bertz CT molecular complexity index is 3670. The van der Waals surface area contributed by atoms with Crippen molar-refractivity contribution in [3.05, 3.63) is 223 Å². The molecule has 71 heavy (non-hydrogen) atoms. The molecule has 0 saturated carbocycles. The summed E-state index contributed by atoms with van der Waals surface area (Å²) in [6.45, 7) is 10.5. The van der Waals surface area contributed by atoms with Crippen LogP contribution in [-0.4, -0.2) is 43.6 Å². The molecule has 0 fully saturated rings. The minimum atomic E-state index is -0.301. The van der Waals surface area contributed by atoms with Crippen LogP contribution in [0.5, 0.6) is 0 Å². The summed E-state index contributed by atoms with van der Waals surface area (Å²) in [7, 11) is 5.07. The Morgan fingerprint density at radius 3 is 1.41 bits per heavy atom. The van der Waals surface area contributed by atoms with Crippen LogP contribution in [0.15, 0.2) is 190 Å². The molecule has 0 radical (unpaired) electrons. The van der Waals surface area contributed by atoms with E-state index in [1.54, 1.807) is 23.2 Å². The van der Waals surface area contributed by atoms with E-state index in [9.17, 15) is 19.2 Å². The first-order chi connectivity index (χ1) is 34.3. The molecule has 6 heterocycles. The number of hydrogen-bond donors (Lipinski definition) is 1. The largest absolute Gasteiger partial charge is 0.341 e. The van der Waals surface area contributed by atoms with Crippen LogP contribution in [0.1, 0.15) is 38.8 Å². The topological polar surface area (TPSA) is 123 Å². The third-order valence-corrected chi connectivity index (χ3v) is 12.7. The molecule has 0 aliphatic carbocycles. The van der Waals surface area contributed by atoms with Crippen LogP contribution >= 0.6 is 0 Å². The van der Waals surface area contributed by atoms with E-state index in [-0.39, 0.29) is 34.3 Å². The minimum absolute atomic E-state index is 0.253. The third-order valence-electron chi connectivity index (χ3n) is 12.7. The minimum Gasteiger partial charge on any atom is -0.341 e. The number of benzene rings is 4. The van der Waals surface area contributed by atoms with E-state index >= 15 is 0 Å². The molecule has 0 aliphatic heterocycles. The van der Waals surface area contributed by atoms with Crippen LogP contribution in [0.3, 0.4) is 0 Å². The van der Waals surface area contributed by atoms with E-state index in [4.69, 9.17) is 0 Å². The predicted molar refractivity (Wildman–Crippen MR) is 287 cm³/mol. The maximum Gasteiger partial charge on any atom is 0.331 e. The van der Waals surface area contributed by atoms with Gasteiger partial charge in [0, 0.05) is 107 Å². The Labute approximate surface area is 411 Å². The van der Waals surface area contributed by atoms with Gasteiger partial charge in [-0.2, -0.15) is 0 Å². The highest BCUT2D eigenvalue weighted by Gasteiger charge is 2.24. The van der Waals surface area contributed by atoms with Crippen molar-refractivity contribution in [3.8, 4) is 11.4 Å². The SMILES string of the molecule is CC(C)Cn1c(=O)n(C)c(=O)c2c(N(C)c3ccccc3)n(Cc3ccc(-n4cccc4)cc3)cc21.CC(C)Cn1c(=O)n(C)c(=O)c2c(Nc3ccccc3)n(Cc3ccc(-n4cccc4)cc3)cc21. The molecular formula is C57H60N10O4. The second-order valence-corrected chi connectivity index (χ2v) is 18.9. The summed E-state index contributed by atoms with van der Waals surface area (Å²) in [5, 5.41) is 4.51. The van der Waals surface area contributed by atoms with Gasteiger partial charge in [-0.05, 0) is 95.8 Å². The number of fused-ring (bicyclic) bond motifs is 2. The van der Waals surface area contributed by atoms with Crippen molar-refractivity contribution in [2.75, 3.05) is 17.3 Å². The molecule has 0 spiro atoms. The summed E-state index contributed by atoms with van der Waals surface area (Å²) < 4.78 is 14.1. The maximum absolute atomic E-state index is 13.5. The Balaban J connectivity index is 0.000000176. The predicted octanol–water partition coefficient (Wildman–Crippen LogP) is 9.50. The van der Waals surface area contributed by atoms with E-state index in [0.717, 1.165) is 39.7 Å². The molecule has 1 N–H and O–H groups in total. The van der Waals surface area contributed by atoms with Crippen molar-refractivity contribution in [3.63, 3.8) is 0 Å². The summed E-state index contributed by atoms with van der Waals surface area (Å²) in [4.78, 5) is 55.0. The molecule has 362 valence electrons. The second kappa shape index (κ2) is 20.2. The first-order valence-electron chi connectivity index (χ1n) is 24.0. The van der Waals surface area contributed by atoms with E-state index in [0.29, 0.717) is 53.8 Å². The Hall–Kier alpha value is -8.52. The van der Waals surface area contributed by atoms with E-state index in [1.165, 1.54) is 9.13 Å². The number of aromatic nitrogens is 8. The number of para-hydroxylation sites is 2. The highest BCUT2D eigenvalue weighted by molar-refractivity contribution is 5.94. The van der Waals surface area contributed by atoms with Gasteiger partial charge < -0.3 is 28.5 Å². The van der Waals surface area contributed by atoms with Crippen molar-refractivity contribution < 1.29 is 0 Å². The fourth-order valence-corrected chi connectivity index (χ4v) is 9.18. The molecule has 10 rings (SSSR count). The number of nitrogens with zero attached hydrogens (tertiary/aromatic N) is 9. The fourth-order valence-electron chi connectivity index (χ4n) is 9.18. The smallest absolute Gasteiger partial charge is 0.331 e. The summed E-state index contributed by atoms with van der Waals surface area (Å²) in [6, 6.07) is 44.5. The summed E-state index contributed by atoms with van der Waals surface area (Å²) >= 11 is 0. The first kappa shape index (κ1) is 47.5. The summed E-state index contributed by atoms with van der Waals surface area (Å²) in [5.41, 5.74) is 6.34. The third kappa shape index (κ3) is 9.73. The first-order valence-corrected chi connectivity index (χ1v) is 24.0. The zero-order chi connectivity index (χ0) is 49.9. The molecule has 0 bridgehead atoms. The lowest BCUT2D eigenvalue weighted by molar-refractivity contribution is 0.502. The molecule has 6 aromatic heterocycles. The van der Waals surface area contributed by atoms with Gasteiger partial charge in [-0.25, -0.2) is 9.59 Å². The van der Waals surface area contributed by atoms with Crippen molar-refractivity contribution in [1.82, 2.24) is 36.5 Å². The van der Waals surface area contributed by atoms with E-state index in [1.807, 2.05) is 139 Å². The molecule has 4 aromatic carbocycles. The van der Waals surface area contributed by atoms with Crippen LogP contribution in [0.25, 0.3) is 33.2 Å². The molecule has 0 unspecified atom stereocenters. The van der Waals surface area contributed by atoms with Crippen LogP contribution in [0, 0.1) is 11.8 Å². The Morgan fingerprint density at radius 2 is 0.930 bits per heavy atom. The van der Waals surface area contributed by atoms with Gasteiger partial charge in [-0.1, -0.05) is 88.4 Å². The zero-order valence-corrected chi connectivity index (χ0v) is 41.3. The van der Waals surface area contributed by atoms with Crippen molar-refractivity contribution >= 4 is 44.8 Å². The number of rotatable bonds is 14. The molecule has 0 saturated heterocycles. The van der Waals surface area contributed by atoms with Gasteiger partial charge in [-0.15, -0.1) is 0 Å². The van der Waals surface area contributed by atoms with E-state index < -0.39 is 0 Å². The highest BCUT2D eigenvalue weighted by atomic mass is 16.2. The number of nitrogens with one attached hydrogen (secondary N) is 1. The molecule has 14 nitrogen and oxygen atoms in total. The van der Waals surface area contributed by atoms with Crippen LogP contribution in [0.4, 0.5) is 23.0 Å². The maximum atomic E-state index is 13.5. The molecule has 14 heteroatoms. The van der Waals surface area contributed by atoms with Crippen molar-refractivity contribution in [1.29, 1.82) is 0 Å². The van der Waals surface area contributed by atoms with Crippen LogP contribution in [0.2, 0.25) is 0 Å². The van der Waals surface area contributed by atoms with E-state index in [2.05, 4.69) is 95.2 Å². The highest BCUT2D eigenvalue weighted by Crippen LogP contribution is 2.32.